The van der Waals surface area contributed by atoms with E-state index in [1.165, 1.54) is 17.8 Å². The number of aryl methyl sites for hydroxylation is 1. The van der Waals surface area contributed by atoms with Gasteiger partial charge in [0.2, 0.25) is 5.72 Å². The number of sulfone groups is 1. The van der Waals surface area contributed by atoms with Crippen molar-refractivity contribution in [3.8, 4) is 0 Å². The van der Waals surface area contributed by atoms with E-state index in [4.69, 9.17) is 0 Å². The Hall–Kier alpha value is -1.59. The first-order chi connectivity index (χ1) is 10.8. The number of hydrogen-bond donors (Lipinski definition) is 1. The average Bonchev–Trinajstić information content (AvgIpc) is 2.72. The van der Waals surface area contributed by atoms with Crippen LogP contribution in [-0.2, 0) is 28.0 Å². The molecule has 2 rings (SSSR count). The molecule has 0 bridgehead atoms. The van der Waals surface area contributed by atoms with Gasteiger partial charge in [0.05, 0.1) is 12.0 Å². The van der Waals surface area contributed by atoms with Crippen LogP contribution in [0, 0.1) is 0 Å². The zero-order valence-corrected chi connectivity index (χ0v) is 14.0. The zero-order chi connectivity index (χ0) is 18.5. The predicted octanol–water partition coefficient (Wildman–Crippen LogP) is 0.672. The van der Waals surface area contributed by atoms with Crippen molar-refractivity contribution in [1.82, 2.24) is 9.47 Å². The lowest BCUT2D eigenvalue weighted by Crippen LogP contribution is -2.58. The monoisotopic (exact) mass is 370 g/mol. The summed E-state index contributed by atoms with van der Waals surface area (Å²) in [6, 6.07) is 0. The van der Waals surface area contributed by atoms with Crippen LogP contribution in [0.4, 0.5) is 13.2 Å². The van der Waals surface area contributed by atoms with Crippen molar-refractivity contribution in [2.75, 3.05) is 19.5 Å². The van der Waals surface area contributed by atoms with Gasteiger partial charge in [-0.25, -0.2) is 13.2 Å². The molecule has 0 spiro atoms. The molecule has 24 heavy (non-hydrogen) atoms. The fourth-order valence-electron chi connectivity index (χ4n) is 2.63. The number of ether oxygens (including phenoxy) is 1. The van der Waals surface area contributed by atoms with Gasteiger partial charge in [-0.15, -0.1) is 0 Å². The molecule has 0 aromatic carbocycles. The topological polar surface area (TPSA) is 88.8 Å². The van der Waals surface area contributed by atoms with Crippen LogP contribution in [0.15, 0.2) is 11.1 Å². The van der Waals surface area contributed by atoms with Crippen LogP contribution >= 0.6 is 0 Å². The lowest BCUT2D eigenvalue weighted by Gasteiger charge is -2.36. The molecular formula is C13H17F3N2O5S. The normalized spacial score (nSPS) is 20.8. The molecule has 1 unspecified atom stereocenters. The van der Waals surface area contributed by atoms with E-state index in [9.17, 15) is 31.5 Å². The minimum absolute atomic E-state index is 0.0374. The van der Waals surface area contributed by atoms with Crippen LogP contribution in [0.3, 0.4) is 0 Å². The van der Waals surface area contributed by atoms with E-state index in [1.54, 1.807) is 0 Å². The minimum atomic E-state index is -5.04. The van der Waals surface area contributed by atoms with Crippen LogP contribution < -0.4 is 0 Å². The van der Waals surface area contributed by atoms with Crippen LogP contribution in [0.25, 0.3) is 0 Å². The van der Waals surface area contributed by atoms with Gasteiger partial charge in [-0.05, 0) is 13.3 Å². The van der Waals surface area contributed by atoms with Gasteiger partial charge in [0.25, 0.3) is 0 Å². The molecular weight excluding hydrogens is 353 g/mol. The van der Waals surface area contributed by atoms with Crippen molar-refractivity contribution in [3.63, 3.8) is 0 Å². The van der Waals surface area contributed by atoms with Gasteiger partial charge in [0, 0.05) is 25.4 Å². The number of aliphatic hydroxyl groups is 1. The van der Waals surface area contributed by atoms with Gasteiger partial charge in [-0.3, -0.25) is 4.90 Å². The number of alkyl halides is 3. The Morgan fingerprint density at radius 2 is 1.96 bits per heavy atom. The standard InChI is InChI=1S/C13H17F3N2O5S/c1-12(20,13(14,15)16)18-5-4-8-9(24(21,22)7-18)6-17(2)10(8)11(19)23-3/h6,20H,4-5,7H2,1-3H3. The third-order valence-corrected chi connectivity index (χ3v) is 5.74. The highest BCUT2D eigenvalue weighted by Gasteiger charge is 2.55. The Labute approximate surface area is 136 Å². The van der Waals surface area contributed by atoms with Gasteiger partial charge in [0.1, 0.15) is 11.6 Å². The Bertz CT molecular complexity index is 767. The van der Waals surface area contributed by atoms with Crippen LogP contribution in [0.5, 0.6) is 0 Å². The lowest BCUT2D eigenvalue weighted by molar-refractivity contribution is -0.304. The maximum atomic E-state index is 13.0. The van der Waals surface area contributed by atoms with Gasteiger partial charge in [-0.2, -0.15) is 13.2 Å². The fourth-order valence-corrected chi connectivity index (χ4v) is 4.45. The predicted molar refractivity (Wildman–Crippen MR) is 75.9 cm³/mol. The summed E-state index contributed by atoms with van der Waals surface area (Å²) in [5, 5.41) is 9.77. The van der Waals surface area contributed by atoms with Crippen molar-refractivity contribution in [2.24, 2.45) is 7.05 Å². The summed E-state index contributed by atoms with van der Waals surface area (Å²) in [6.07, 6.45) is -4.03. The maximum Gasteiger partial charge on any atom is 0.430 e. The van der Waals surface area contributed by atoms with E-state index < -0.39 is 40.1 Å². The second-order valence-electron chi connectivity index (χ2n) is 5.70. The highest BCUT2D eigenvalue weighted by Crippen LogP contribution is 2.36. The third-order valence-electron chi connectivity index (χ3n) is 4.07. The summed E-state index contributed by atoms with van der Waals surface area (Å²) >= 11 is 0. The summed E-state index contributed by atoms with van der Waals surface area (Å²) in [6.45, 7) is 0.104. The summed E-state index contributed by atoms with van der Waals surface area (Å²) in [7, 11) is -1.61. The van der Waals surface area contributed by atoms with Crippen LogP contribution in [-0.4, -0.2) is 60.4 Å². The number of hydrogen-bond acceptors (Lipinski definition) is 6. The van der Waals surface area contributed by atoms with Crippen molar-refractivity contribution in [2.45, 2.75) is 30.1 Å². The Balaban J connectivity index is 2.53. The molecule has 11 heteroatoms. The number of halogens is 3. The highest BCUT2D eigenvalue weighted by molar-refractivity contribution is 7.91. The SMILES string of the molecule is COC(=O)c1c2c(cn1C)S(=O)(=O)CN(C(C)(O)C(F)(F)F)CC2. The smallest absolute Gasteiger partial charge is 0.430 e. The number of esters is 1. The molecule has 0 amide bonds. The Morgan fingerprint density at radius 1 is 1.38 bits per heavy atom. The van der Waals surface area contributed by atoms with Crippen molar-refractivity contribution in [3.05, 3.63) is 17.5 Å². The number of carbonyl (C=O) groups is 1. The molecule has 1 N–H and O–H groups in total. The number of fused-ring (bicyclic) bond motifs is 1. The first-order valence-electron chi connectivity index (χ1n) is 6.86. The Kier molecular flexibility index (Phi) is 4.48. The van der Waals surface area contributed by atoms with E-state index in [-0.39, 0.29) is 22.6 Å². The average molecular weight is 370 g/mol. The highest BCUT2D eigenvalue weighted by atomic mass is 32.2. The number of methoxy groups -OCH3 is 1. The molecule has 1 aliphatic rings. The molecule has 1 atom stereocenters. The molecule has 0 aliphatic carbocycles. The summed E-state index contributed by atoms with van der Waals surface area (Å²) < 4.78 is 69.9. The number of rotatable bonds is 2. The second-order valence-corrected chi connectivity index (χ2v) is 7.63. The summed E-state index contributed by atoms with van der Waals surface area (Å²) in [4.78, 5) is 12.1. The molecule has 2 heterocycles. The van der Waals surface area contributed by atoms with Gasteiger partial charge < -0.3 is 14.4 Å². The van der Waals surface area contributed by atoms with Crippen LogP contribution in [0.1, 0.15) is 23.0 Å². The quantitative estimate of drug-likeness (QED) is 0.770. The summed E-state index contributed by atoms with van der Waals surface area (Å²) in [5.74, 6) is -1.80. The largest absolute Gasteiger partial charge is 0.464 e. The molecule has 1 aromatic rings. The van der Waals surface area contributed by atoms with Crippen molar-refractivity contribution < 1.29 is 36.2 Å². The van der Waals surface area contributed by atoms with E-state index in [0.29, 0.717) is 11.8 Å². The Morgan fingerprint density at radius 3 is 2.46 bits per heavy atom. The maximum absolute atomic E-state index is 13.0. The zero-order valence-electron chi connectivity index (χ0n) is 13.2. The van der Waals surface area contributed by atoms with Gasteiger partial charge >= 0.3 is 12.1 Å². The molecule has 1 aromatic heterocycles. The lowest BCUT2D eigenvalue weighted by atomic mass is 10.1. The van der Waals surface area contributed by atoms with E-state index in [0.717, 1.165) is 7.11 Å². The number of aromatic nitrogens is 1. The third kappa shape index (κ3) is 2.91. The molecule has 0 saturated heterocycles. The minimum Gasteiger partial charge on any atom is -0.464 e. The number of carbonyl (C=O) groups excluding carboxylic acids is 1. The first kappa shape index (κ1) is 18.7. The molecule has 0 radical (unpaired) electrons. The first-order valence-corrected chi connectivity index (χ1v) is 8.51. The molecule has 7 nitrogen and oxygen atoms in total. The van der Waals surface area contributed by atoms with Gasteiger partial charge in [0.15, 0.2) is 9.84 Å². The van der Waals surface area contributed by atoms with Crippen molar-refractivity contribution >= 4 is 15.8 Å². The van der Waals surface area contributed by atoms with Crippen LogP contribution in [0.2, 0.25) is 0 Å². The van der Waals surface area contributed by atoms with Gasteiger partial charge in [-0.1, -0.05) is 0 Å². The molecule has 136 valence electrons. The van der Waals surface area contributed by atoms with E-state index >= 15 is 0 Å². The fraction of sp³-hybridized carbons (Fsp3) is 0.615. The number of nitrogens with zero attached hydrogens (tertiary/aromatic N) is 2. The van der Waals surface area contributed by atoms with Crippen molar-refractivity contribution in [1.29, 1.82) is 0 Å². The molecule has 0 saturated carbocycles. The van der Waals surface area contributed by atoms with E-state index in [2.05, 4.69) is 4.74 Å². The molecule has 1 aliphatic heterocycles. The molecule has 0 fully saturated rings. The summed E-state index contributed by atoms with van der Waals surface area (Å²) in [5.41, 5.74) is -3.26. The van der Waals surface area contributed by atoms with E-state index in [1.807, 2.05) is 0 Å². The second kappa shape index (κ2) is 5.74.